The molecule has 1 amide bonds. The van der Waals surface area contributed by atoms with Crippen molar-refractivity contribution in [3.05, 3.63) is 12.1 Å². The third kappa shape index (κ3) is 3.76. The fraction of sp³-hybridized carbons (Fsp3) is 0.462. The first-order chi connectivity index (χ1) is 8.83. The molecule has 0 unspecified atom stereocenters. The van der Waals surface area contributed by atoms with Crippen LogP contribution in [0.4, 0.5) is 5.69 Å². The summed E-state index contributed by atoms with van der Waals surface area (Å²) in [4.78, 5) is 11.9. The number of benzene rings is 1. The average molecular weight is 332 g/mol. The molecule has 0 saturated carbocycles. The maximum Gasteiger partial charge on any atom is 0.240 e. The van der Waals surface area contributed by atoms with Crippen LogP contribution in [0.3, 0.4) is 0 Å². The summed E-state index contributed by atoms with van der Waals surface area (Å²) in [6.45, 7) is 3.53. The van der Waals surface area contributed by atoms with E-state index in [4.69, 9.17) is 14.2 Å². The van der Waals surface area contributed by atoms with E-state index in [1.54, 1.807) is 26.0 Å². The number of hydrogen-bond acceptors (Lipinski definition) is 4. The van der Waals surface area contributed by atoms with E-state index >= 15 is 0 Å². The van der Waals surface area contributed by atoms with Gasteiger partial charge in [0.2, 0.25) is 11.7 Å². The summed E-state index contributed by atoms with van der Waals surface area (Å²) < 4.78 is 15.0. The van der Waals surface area contributed by atoms with Crippen LogP contribution in [0.25, 0.3) is 0 Å². The van der Waals surface area contributed by atoms with Crippen molar-refractivity contribution in [2.24, 2.45) is 0 Å². The number of methoxy groups -OCH3 is 3. The predicted octanol–water partition coefficient (Wildman–Crippen LogP) is 2.82. The molecule has 0 bridgehead atoms. The van der Waals surface area contributed by atoms with Gasteiger partial charge in [0.25, 0.3) is 0 Å². The van der Waals surface area contributed by atoms with Gasteiger partial charge in [0, 0.05) is 17.8 Å². The highest BCUT2D eigenvalue weighted by molar-refractivity contribution is 9.10. The number of carbonyl (C=O) groups excluding carboxylic acids is 1. The lowest BCUT2D eigenvalue weighted by molar-refractivity contribution is -0.117. The highest BCUT2D eigenvalue weighted by Gasteiger charge is 2.24. The average Bonchev–Trinajstić information content (AvgIpc) is 2.36. The van der Waals surface area contributed by atoms with Crippen LogP contribution in [0.5, 0.6) is 17.2 Å². The lowest BCUT2D eigenvalue weighted by Gasteiger charge is -2.18. The third-order valence-corrected chi connectivity index (χ3v) is 2.82. The maximum absolute atomic E-state index is 11.9. The molecule has 0 aromatic heterocycles. The lowest BCUT2D eigenvalue weighted by Crippen LogP contribution is -2.30. The minimum atomic E-state index is -0.659. The van der Waals surface area contributed by atoms with Crippen LogP contribution in [-0.4, -0.2) is 31.6 Å². The first-order valence-electron chi connectivity index (χ1n) is 5.63. The van der Waals surface area contributed by atoms with Gasteiger partial charge in [-0.05, 0) is 13.8 Å². The summed E-state index contributed by atoms with van der Waals surface area (Å²) in [5.74, 6) is 1.30. The summed E-state index contributed by atoms with van der Waals surface area (Å²) in [5, 5.41) is 2.78. The van der Waals surface area contributed by atoms with Crippen LogP contribution < -0.4 is 19.5 Å². The summed E-state index contributed by atoms with van der Waals surface area (Å²) in [5.41, 5.74) is 0.576. The van der Waals surface area contributed by atoms with Gasteiger partial charge in [-0.25, -0.2) is 0 Å². The van der Waals surface area contributed by atoms with Gasteiger partial charge in [0.05, 0.1) is 25.7 Å². The molecule has 19 heavy (non-hydrogen) atoms. The smallest absolute Gasteiger partial charge is 0.240 e. The Balaban J connectivity index is 3.13. The molecule has 1 rings (SSSR count). The quantitative estimate of drug-likeness (QED) is 0.843. The van der Waals surface area contributed by atoms with Crippen molar-refractivity contribution in [3.63, 3.8) is 0 Å². The Morgan fingerprint density at radius 2 is 1.58 bits per heavy atom. The molecule has 106 valence electrons. The van der Waals surface area contributed by atoms with E-state index < -0.39 is 4.32 Å². The van der Waals surface area contributed by atoms with Crippen molar-refractivity contribution in [3.8, 4) is 17.2 Å². The van der Waals surface area contributed by atoms with Gasteiger partial charge in [-0.15, -0.1) is 0 Å². The molecule has 1 aromatic carbocycles. The summed E-state index contributed by atoms with van der Waals surface area (Å²) >= 11 is 3.30. The second-order valence-electron chi connectivity index (χ2n) is 4.34. The second-order valence-corrected chi connectivity index (χ2v) is 6.32. The Hall–Kier alpha value is -1.43. The van der Waals surface area contributed by atoms with Crippen LogP contribution >= 0.6 is 15.9 Å². The molecule has 1 N–H and O–H groups in total. The van der Waals surface area contributed by atoms with E-state index in [-0.39, 0.29) is 5.91 Å². The topological polar surface area (TPSA) is 56.8 Å². The highest BCUT2D eigenvalue weighted by Crippen LogP contribution is 2.40. The number of anilines is 1. The van der Waals surface area contributed by atoms with E-state index in [2.05, 4.69) is 21.2 Å². The molecule has 0 radical (unpaired) electrons. The van der Waals surface area contributed by atoms with E-state index in [0.717, 1.165) is 0 Å². The molecule has 0 saturated heterocycles. The number of alkyl halides is 1. The zero-order valence-corrected chi connectivity index (χ0v) is 13.3. The summed E-state index contributed by atoms with van der Waals surface area (Å²) in [6, 6.07) is 3.36. The first kappa shape index (κ1) is 15.6. The Bertz CT molecular complexity index is 443. The van der Waals surface area contributed by atoms with Crippen molar-refractivity contribution in [1.82, 2.24) is 0 Å². The Morgan fingerprint density at radius 1 is 1.11 bits per heavy atom. The molecule has 0 fully saturated rings. The number of halogens is 1. The van der Waals surface area contributed by atoms with Gasteiger partial charge in [0.15, 0.2) is 11.5 Å². The second kappa shape index (κ2) is 6.14. The molecular weight excluding hydrogens is 314 g/mol. The Kier molecular flexibility index (Phi) is 5.05. The molecule has 0 aliphatic rings. The van der Waals surface area contributed by atoms with Crippen molar-refractivity contribution in [2.75, 3.05) is 26.6 Å². The number of ether oxygens (including phenoxy) is 3. The Morgan fingerprint density at radius 3 is 1.89 bits per heavy atom. The molecule has 1 aromatic rings. The van der Waals surface area contributed by atoms with Gasteiger partial charge in [0.1, 0.15) is 0 Å². The van der Waals surface area contributed by atoms with E-state index in [1.807, 2.05) is 0 Å². The molecule has 0 aliphatic carbocycles. The molecule has 0 heterocycles. The van der Waals surface area contributed by atoms with Gasteiger partial charge in [-0.2, -0.15) is 0 Å². The fourth-order valence-corrected chi connectivity index (χ4v) is 1.53. The van der Waals surface area contributed by atoms with Gasteiger partial charge in [-0.1, -0.05) is 15.9 Å². The zero-order chi connectivity index (χ0) is 14.6. The van der Waals surface area contributed by atoms with Gasteiger partial charge < -0.3 is 19.5 Å². The fourth-order valence-electron chi connectivity index (χ4n) is 1.43. The number of nitrogens with one attached hydrogen (secondary N) is 1. The van der Waals surface area contributed by atoms with Crippen molar-refractivity contribution in [2.45, 2.75) is 18.2 Å². The zero-order valence-electron chi connectivity index (χ0n) is 11.7. The molecular formula is C13H18BrNO4. The molecule has 5 nitrogen and oxygen atoms in total. The third-order valence-electron chi connectivity index (χ3n) is 2.46. The number of hydrogen-bond donors (Lipinski definition) is 1. The first-order valence-corrected chi connectivity index (χ1v) is 6.43. The lowest BCUT2D eigenvalue weighted by atomic mass is 10.2. The molecule has 0 atom stereocenters. The standard InChI is InChI=1S/C13H18BrNO4/c1-13(2,14)12(16)15-8-6-9(17-3)11(19-5)10(7-8)18-4/h6-7H,1-5H3,(H,15,16). The van der Waals surface area contributed by atoms with E-state index in [1.165, 1.54) is 21.3 Å². The summed E-state index contributed by atoms with van der Waals surface area (Å²) in [7, 11) is 4.58. The van der Waals surface area contributed by atoms with Crippen molar-refractivity contribution < 1.29 is 19.0 Å². The number of rotatable bonds is 5. The van der Waals surface area contributed by atoms with Crippen LogP contribution in [-0.2, 0) is 4.79 Å². The van der Waals surface area contributed by atoms with Crippen molar-refractivity contribution in [1.29, 1.82) is 0 Å². The molecule has 0 aliphatic heterocycles. The minimum Gasteiger partial charge on any atom is -0.493 e. The van der Waals surface area contributed by atoms with Gasteiger partial charge in [-0.3, -0.25) is 4.79 Å². The minimum absolute atomic E-state index is 0.165. The largest absolute Gasteiger partial charge is 0.493 e. The Labute approximate surface area is 121 Å². The van der Waals surface area contributed by atoms with Gasteiger partial charge >= 0.3 is 0 Å². The van der Waals surface area contributed by atoms with Crippen LogP contribution in [0.15, 0.2) is 12.1 Å². The molecule has 0 spiro atoms. The number of carbonyl (C=O) groups is 1. The predicted molar refractivity (Wildman–Crippen MR) is 77.7 cm³/mol. The van der Waals surface area contributed by atoms with E-state index in [0.29, 0.717) is 22.9 Å². The SMILES string of the molecule is COc1cc(NC(=O)C(C)(C)Br)cc(OC)c1OC. The monoisotopic (exact) mass is 331 g/mol. The van der Waals surface area contributed by atoms with Crippen LogP contribution in [0.2, 0.25) is 0 Å². The normalized spacial score (nSPS) is 10.8. The number of amides is 1. The summed E-state index contributed by atoms with van der Waals surface area (Å²) in [6.07, 6.45) is 0. The van der Waals surface area contributed by atoms with Crippen LogP contribution in [0, 0.1) is 0 Å². The van der Waals surface area contributed by atoms with E-state index in [9.17, 15) is 4.79 Å². The molecule has 6 heteroatoms. The van der Waals surface area contributed by atoms with Crippen molar-refractivity contribution >= 4 is 27.5 Å². The van der Waals surface area contributed by atoms with Crippen LogP contribution in [0.1, 0.15) is 13.8 Å². The highest BCUT2D eigenvalue weighted by atomic mass is 79.9. The maximum atomic E-state index is 11.9.